The molecule has 9 heteroatoms. The van der Waals surface area contributed by atoms with Gasteiger partial charge in [0.25, 0.3) is 5.56 Å². The molecular formula is C29H34N8O. The van der Waals surface area contributed by atoms with E-state index in [1.165, 1.54) is 11.3 Å². The number of piperazine rings is 1. The van der Waals surface area contributed by atoms with E-state index in [1.807, 2.05) is 18.2 Å². The van der Waals surface area contributed by atoms with E-state index in [1.54, 1.807) is 21.6 Å². The molecule has 9 nitrogen and oxygen atoms in total. The quantitative estimate of drug-likeness (QED) is 0.391. The Bertz CT molecular complexity index is 1550. The molecule has 1 aliphatic heterocycles. The summed E-state index contributed by atoms with van der Waals surface area (Å²) in [6.07, 6.45) is 5.44. The molecule has 1 saturated heterocycles. The fourth-order valence-electron chi connectivity index (χ4n) is 5.53. The van der Waals surface area contributed by atoms with E-state index in [2.05, 4.69) is 65.8 Å². The van der Waals surface area contributed by atoms with Gasteiger partial charge in [0, 0.05) is 48.9 Å². The van der Waals surface area contributed by atoms with Gasteiger partial charge in [-0.3, -0.25) is 4.79 Å². The standard InChI is InChI=1S/C29H34N8O/c1-5-14-36-28(38)24-17-30-29(31-22-9-11-23(12-10-22)35-16-15-34(4)20(3)18-35)33-27(24)37(36)25-13-8-21-7-6-19(2)26(21)32-25/h5,8-13,17,19-20H,1,6-7,14-16,18H2,2-4H3,(H,30,31,33)/t19?,20-/m1/s1. The Labute approximate surface area is 222 Å². The van der Waals surface area contributed by atoms with E-state index in [-0.39, 0.29) is 5.56 Å². The Balaban J connectivity index is 1.33. The van der Waals surface area contributed by atoms with Gasteiger partial charge in [-0.05, 0) is 68.6 Å². The van der Waals surface area contributed by atoms with Crippen LogP contribution in [-0.4, -0.2) is 61.9 Å². The van der Waals surface area contributed by atoms with Gasteiger partial charge in [-0.15, -0.1) is 6.58 Å². The number of nitrogens with zero attached hydrogens (tertiary/aromatic N) is 7. The minimum atomic E-state index is -0.160. The Kier molecular flexibility index (Phi) is 6.23. The van der Waals surface area contributed by atoms with Gasteiger partial charge >= 0.3 is 0 Å². The number of hydrogen-bond acceptors (Lipinski definition) is 7. The van der Waals surface area contributed by atoms with E-state index >= 15 is 0 Å². The van der Waals surface area contributed by atoms with Gasteiger partial charge in [0.05, 0.1) is 6.54 Å². The van der Waals surface area contributed by atoms with Crippen molar-refractivity contribution in [1.29, 1.82) is 0 Å². The summed E-state index contributed by atoms with van der Waals surface area (Å²) in [4.78, 5) is 32.3. The molecular weight excluding hydrogens is 476 g/mol. The number of hydrogen-bond donors (Lipinski definition) is 1. The second-order valence-electron chi connectivity index (χ2n) is 10.5. The van der Waals surface area contributed by atoms with Crippen LogP contribution in [0.15, 0.2) is 60.0 Å². The number of allylic oxidation sites excluding steroid dienone is 1. The first kappa shape index (κ1) is 24.4. The van der Waals surface area contributed by atoms with Crippen LogP contribution in [0, 0.1) is 0 Å². The van der Waals surface area contributed by atoms with Crippen molar-refractivity contribution in [3.8, 4) is 5.82 Å². The molecule has 0 saturated carbocycles. The van der Waals surface area contributed by atoms with Crippen molar-refractivity contribution in [3.63, 3.8) is 0 Å². The van der Waals surface area contributed by atoms with Gasteiger partial charge in [-0.1, -0.05) is 19.1 Å². The van der Waals surface area contributed by atoms with Gasteiger partial charge in [0.1, 0.15) is 5.39 Å². The lowest BCUT2D eigenvalue weighted by atomic mass is 10.1. The summed E-state index contributed by atoms with van der Waals surface area (Å²) in [6, 6.07) is 13.0. The first-order valence-electron chi connectivity index (χ1n) is 13.3. The minimum Gasteiger partial charge on any atom is -0.369 e. The Hall–Kier alpha value is -3.98. The molecule has 4 heterocycles. The van der Waals surface area contributed by atoms with E-state index in [0.29, 0.717) is 41.3 Å². The zero-order valence-corrected chi connectivity index (χ0v) is 22.3. The Morgan fingerprint density at radius 2 is 1.92 bits per heavy atom. The summed E-state index contributed by atoms with van der Waals surface area (Å²) in [6.45, 7) is 11.7. The Morgan fingerprint density at radius 3 is 2.68 bits per heavy atom. The number of anilines is 3. The van der Waals surface area contributed by atoms with Crippen molar-refractivity contribution in [2.75, 3.05) is 36.9 Å². The third-order valence-electron chi connectivity index (χ3n) is 7.95. The fourth-order valence-corrected chi connectivity index (χ4v) is 5.53. The summed E-state index contributed by atoms with van der Waals surface area (Å²) >= 11 is 0. The largest absolute Gasteiger partial charge is 0.369 e. The van der Waals surface area contributed by atoms with Crippen molar-refractivity contribution in [1.82, 2.24) is 29.2 Å². The van der Waals surface area contributed by atoms with Crippen LogP contribution < -0.4 is 15.8 Å². The predicted octanol–water partition coefficient (Wildman–Crippen LogP) is 4.10. The molecule has 2 atom stereocenters. The summed E-state index contributed by atoms with van der Waals surface area (Å²) < 4.78 is 3.42. The maximum absolute atomic E-state index is 13.3. The molecule has 1 aromatic carbocycles. The molecule has 6 rings (SSSR count). The highest BCUT2D eigenvalue weighted by atomic mass is 16.1. The smallest absolute Gasteiger partial charge is 0.278 e. The van der Waals surface area contributed by atoms with Crippen LogP contribution >= 0.6 is 0 Å². The van der Waals surface area contributed by atoms with E-state index < -0.39 is 0 Å². The molecule has 1 fully saturated rings. The molecule has 1 N–H and O–H groups in total. The maximum atomic E-state index is 13.3. The molecule has 2 aliphatic rings. The zero-order chi connectivity index (χ0) is 26.4. The predicted molar refractivity (Wildman–Crippen MR) is 152 cm³/mol. The normalized spacial score (nSPS) is 19.6. The molecule has 1 unspecified atom stereocenters. The minimum absolute atomic E-state index is 0.160. The highest BCUT2D eigenvalue weighted by molar-refractivity contribution is 5.77. The van der Waals surface area contributed by atoms with Crippen LogP contribution in [0.4, 0.5) is 17.3 Å². The number of pyridine rings is 1. The molecule has 38 heavy (non-hydrogen) atoms. The Morgan fingerprint density at radius 1 is 1.11 bits per heavy atom. The second kappa shape index (κ2) is 9.72. The van der Waals surface area contributed by atoms with Crippen LogP contribution in [0.1, 0.15) is 37.4 Å². The lowest BCUT2D eigenvalue weighted by Crippen LogP contribution is -2.50. The fraction of sp³-hybridized carbons (Fsp3) is 0.379. The van der Waals surface area contributed by atoms with Gasteiger partial charge in [0.15, 0.2) is 11.5 Å². The average Bonchev–Trinajstić information content (AvgIpc) is 3.42. The number of aryl methyl sites for hydroxylation is 1. The van der Waals surface area contributed by atoms with Crippen LogP contribution in [0.2, 0.25) is 0 Å². The SMILES string of the molecule is C=CCn1c(=O)c2cnc(Nc3ccc(N4CCN(C)[C@H](C)C4)cc3)nc2n1-c1ccc2c(n1)C(C)CC2. The number of fused-ring (bicyclic) bond motifs is 2. The zero-order valence-electron chi connectivity index (χ0n) is 22.3. The summed E-state index contributed by atoms with van der Waals surface area (Å²) in [5.41, 5.74) is 4.84. The number of benzene rings is 1. The lowest BCUT2D eigenvalue weighted by Gasteiger charge is -2.39. The van der Waals surface area contributed by atoms with Crippen molar-refractivity contribution >= 4 is 28.4 Å². The summed E-state index contributed by atoms with van der Waals surface area (Å²) in [5.74, 6) is 1.51. The van der Waals surface area contributed by atoms with Crippen LogP contribution in [0.25, 0.3) is 16.9 Å². The molecule has 1 aliphatic carbocycles. The molecule has 0 amide bonds. The first-order valence-corrected chi connectivity index (χ1v) is 13.3. The third kappa shape index (κ3) is 4.26. The second-order valence-corrected chi connectivity index (χ2v) is 10.5. The highest BCUT2D eigenvalue weighted by Gasteiger charge is 2.24. The van der Waals surface area contributed by atoms with Crippen molar-refractivity contribution in [2.45, 2.75) is 45.2 Å². The first-order chi connectivity index (χ1) is 18.4. The highest BCUT2D eigenvalue weighted by Crippen LogP contribution is 2.32. The average molecular weight is 511 g/mol. The monoisotopic (exact) mass is 510 g/mol. The van der Waals surface area contributed by atoms with Crippen LogP contribution in [0.3, 0.4) is 0 Å². The number of aromatic nitrogens is 5. The topological polar surface area (TPSA) is 84.1 Å². The van der Waals surface area contributed by atoms with E-state index in [4.69, 9.17) is 9.97 Å². The van der Waals surface area contributed by atoms with Gasteiger partial charge in [-0.25, -0.2) is 19.3 Å². The molecule has 0 radical (unpaired) electrons. The molecule has 4 aromatic rings. The number of rotatable bonds is 6. The molecule has 196 valence electrons. The van der Waals surface area contributed by atoms with E-state index in [0.717, 1.165) is 43.9 Å². The lowest BCUT2D eigenvalue weighted by molar-refractivity contribution is 0.234. The van der Waals surface area contributed by atoms with Crippen LogP contribution in [0.5, 0.6) is 0 Å². The van der Waals surface area contributed by atoms with Crippen LogP contribution in [-0.2, 0) is 13.0 Å². The van der Waals surface area contributed by atoms with E-state index in [9.17, 15) is 4.79 Å². The maximum Gasteiger partial charge on any atom is 0.278 e. The molecule has 0 spiro atoms. The third-order valence-corrected chi connectivity index (χ3v) is 7.95. The van der Waals surface area contributed by atoms with Crippen molar-refractivity contribution in [2.24, 2.45) is 0 Å². The van der Waals surface area contributed by atoms with Gasteiger partial charge in [-0.2, -0.15) is 4.98 Å². The van der Waals surface area contributed by atoms with Crippen molar-refractivity contribution in [3.05, 3.63) is 76.9 Å². The molecule has 0 bridgehead atoms. The molecule has 3 aromatic heterocycles. The summed E-state index contributed by atoms with van der Waals surface area (Å²) in [5, 5.41) is 3.77. The number of likely N-dealkylation sites (N-methyl/N-ethyl adjacent to an activating group) is 1. The van der Waals surface area contributed by atoms with Gasteiger partial charge in [0.2, 0.25) is 5.95 Å². The number of nitrogens with one attached hydrogen (secondary N) is 1. The summed E-state index contributed by atoms with van der Waals surface area (Å²) in [7, 11) is 2.18. The van der Waals surface area contributed by atoms with Gasteiger partial charge < -0.3 is 15.1 Å². The van der Waals surface area contributed by atoms with Crippen molar-refractivity contribution < 1.29 is 0 Å².